The van der Waals surface area contributed by atoms with E-state index in [1.165, 1.54) is 44.5 Å². The van der Waals surface area contributed by atoms with Gasteiger partial charge in [-0.25, -0.2) is 0 Å². The Hall–Kier alpha value is -7.16. The average molecular weight is 729 g/mol. The molecule has 0 heterocycles. The molecule has 0 aromatic heterocycles. The summed E-state index contributed by atoms with van der Waals surface area (Å²) < 4.78 is 0. The fraction of sp³-hybridized carbons (Fsp3) is 0.0545. The van der Waals surface area contributed by atoms with Gasteiger partial charge in [0.05, 0.1) is 5.41 Å². The maximum Gasteiger partial charge on any atom is 0.0720 e. The maximum absolute atomic E-state index is 2.52. The molecule has 0 N–H and O–H groups in total. The van der Waals surface area contributed by atoms with Crippen LogP contribution in [0, 0.1) is 0 Å². The Labute approximate surface area is 335 Å². The number of hydrogen-bond acceptors (Lipinski definition) is 2. The fourth-order valence-corrected chi connectivity index (χ4v) is 9.96. The molecule has 8 aromatic carbocycles. The molecular weight excluding hydrogens is 689 g/mol. The molecule has 2 unspecified atom stereocenters. The molecule has 57 heavy (non-hydrogen) atoms. The summed E-state index contributed by atoms with van der Waals surface area (Å²) in [4.78, 5) is 4.81. The Morgan fingerprint density at radius 2 is 0.632 bits per heavy atom. The van der Waals surface area contributed by atoms with Crippen LogP contribution < -0.4 is 9.80 Å². The van der Waals surface area contributed by atoms with E-state index >= 15 is 0 Å². The number of fused-ring (bicyclic) bond motifs is 12. The molecule has 3 aliphatic rings. The summed E-state index contributed by atoms with van der Waals surface area (Å²) >= 11 is 0. The minimum absolute atomic E-state index is 0.157. The van der Waals surface area contributed by atoms with Gasteiger partial charge in [-0.3, -0.25) is 0 Å². The normalized spacial score (nSPS) is 16.4. The van der Waals surface area contributed by atoms with Crippen LogP contribution in [0.25, 0.3) is 11.1 Å². The zero-order valence-corrected chi connectivity index (χ0v) is 31.5. The molecule has 11 rings (SSSR count). The van der Waals surface area contributed by atoms with Crippen molar-refractivity contribution in [3.05, 3.63) is 264 Å². The Morgan fingerprint density at radius 3 is 1.00 bits per heavy atom. The molecular formula is C55H40N2. The lowest BCUT2D eigenvalue weighted by atomic mass is 9.65. The van der Waals surface area contributed by atoms with Crippen LogP contribution >= 0.6 is 0 Å². The maximum atomic E-state index is 2.52. The number of para-hydroxylation sites is 4. The Balaban J connectivity index is 1.27. The predicted molar refractivity (Wildman–Crippen MR) is 237 cm³/mol. The lowest BCUT2D eigenvalue weighted by Gasteiger charge is -2.37. The molecule has 3 aliphatic carbocycles. The van der Waals surface area contributed by atoms with Crippen LogP contribution in [0.1, 0.15) is 45.2 Å². The standard InChI is InChI=1S/C55H40N2/c1-5-19-39(20-6-1)56(40-21-7-2-8-22-40)43-33-35-49-45-27-13-14-28-46(45)50-36-34-44(57(41-23-9-3-10-24-41)42-25-11-4-12-26-42)38-54(50)55(53(49)37-43)51-31-17-15-29-47(51)48-30-16-18-32-52(48)55/h1-38,45-46H. The monoisotopic (exact) mass is 728 g/mol. The number of rotatable bonds is 6. The van der Waals surface area contributed by atoms with E-state index in [-0.39, 0.29) is 11.8 Å². The highest BCUT2D eigenvalue weighted by Crippen LogP contribution is 2.62. The van der Waals surface area contributed by atoms with Crippen molar-refractivity contribution in [2.24, 2.45) is 0 Å². The largest absolute Gasteiger partial charge is 0.310 e. The Bertz CT molecular complexity index is 2530. The van der Waals surface area contributed by atoms with Gasteiger partial charge < -0.3 is 9.80 Å². The molecule has 0 saturated carbocycles. The summed E-state index contributed by atoms with van der Waals surface area (Å²) in [6, 6.07) is 76.0. The van der Waals surface area contributed by atoms with Crippen molar-refractivity contribution in [1.82, 2.24) is 0 Å². The molecule has 270 valence electrons. The Morgan fingerprint density at radius 1 is 0.298 bits per heavy atom. The molecule has 0 amide bonds. The van der Waals surface area contributed by atoms with E-state index in [1.807, 2.05) is 0 Å². The molecule has 2 atom stereocenters. The number of anilines is 6. The summed E-state index contributed by atoms with van der Waals surface area (Å²) in [7, 11) is 0. The third kappa shape index (κ3) is 5.18. The topological polar surface area (TPSA) is 6.48 Å². The van der Waals surface area contributed by atoms with Crippen molar-refractivity contribution >= 4 is 34.1 Å². The second kappa shape index (κ2) is 13.5. The number of allylic oxidation sites excluding steroid dienone is 4. The van der Waals surface area contributed by atoms with Crippen LogP contribution in [0.3, 0.4) is 0 Å². The van der Waals surface area contributed by atoms with E-state index in [2.05, 4.69) is 240 Å². The van der Waals surface area contributed by atoms with Crippen LogP contribution in [-0.2, 0) is 5.41 Å². The lowest BCUT2D eigenvalue weighted by Crippen LogP contribution is -2.30. The molecule has 0 bridgehead atoms. The van der Waals surface area contributed by atoms with Crippen molar-refractivity contribution < 1.29 is 0 Å². The van der Waals surface area contributed by atoms with Crippen molar-refractivity contribution in [1.29, 1.82) is 0 Å². The molecule has 2 heteroatoms. The van der Waals surface area contributed by atoms with E-state index < -0.39 is 5.41 Å². The predicted octanol–water partition coefficient (Wildman–Crippen LogP) is 14.3. The van der Waals surface area contributed by atoms with Crippen LogP contribution in [0.5, 0.6) is 0 Å². The van der Waals surface area contributed by atoms with Crippen LogP contribution in [0.4, 0.5) is 34.1 Å². The van der Waals surface area contributed by atoms with Gasteiger partial charge in [-0.1, -0.05) is 158 Å². The molecule has 0 radical (unpaired) electrons. The highest BCUT2D eigenvalue weighted by Gasteiger charge is 2.51. The van der Waals surface area contributed by atoms with Gasteiger partial charge in [0.2, 0.25) is 0 Å². The van der Waals surface area contributed by atoms with E-state index in [4.69, 9.17) is 0 Å². The van der Waals surface area contributed by atoms with Crippen LogP contribution in [-0.4, -0.2) is 0 Å². The average Bonchev–Trinajstić information content (AvgIpc) is 3.53. The fourth-order valence-electron chi connectivity index (χ4n) is 9.96. The van der Waals surface area contributed by atoms with Crippen molar-refractivity contribution in [3.8, 4) is 11.1 Å². The van der Waals surface area contributed by atoms with Crippen molar-refractivity contribution in [3.63, 3.8) is 0 Å². The zero-order chi connectivity index (χ0) is 37.8. The number of hydrogen-bond donors (Lipinski definition) is 0. The van der Waals surface area contributed by atoms with Crippen LogP contribution in [0.2, 0.25) is 0 Å². The zero-order valence-electron chi connectivity index (χ0n) is 31.5. The van der Waals surface area contributed by atoms with Gasteiger partial charge >= 0.3 is 0 Å². The first-order valence-corrected chi connectivity index (χ1v) is 19.9. The first-order chi connectivity index (χ1) is 28.3. The van der Waals surface area contributed by atoms with Gasteiger partial charge in [-0.05, 0) is 117 Å². The van der Waals surface area contributed by atoms with Crippen LogP contribution in [0.15, 0.2) is 231 Å². The summed E-state index contributed by atoms with van der Waals surface area (Å²) in [5.41, 5.74) is 16.8. The molecule has 8 aromatic rings. The Kier molecular flexibility index (Phi) is 7.89. The second-order valence-corrected chi connectivity index (χ2v) is 15.2. The number of benzene rings is 8. The van der Waals surface area contributed by atoms with Gasteiger partial charge in [0.15, 0.2) is 0 Å². The highest BCUT2D eigenvalue weighted by molar-refractivity contribution is 5.90. The van der Waals surface area contributed by atoms with Crippen molar-refractivity contribution in [2.45, 2.75) is 17.3 Å². The van der Waals surface area contributed by atoms with E-state index in [9.17, 15) is 0 Å². The summed E-state index contributed by atoms with van der Waals surface area (Å²) in [6.45, 7) is 0. The second-order valence-electron chi connectivity index (χ2n) is 15.2. The smallest absolute Gasteiger partial charge is 0.0720 e. The first-order valence-electron chi connectivity index (χ1n) is 19.9. The summed E-state index contributed by atoms with van der Waals surface area (Å²) in [6.07, 6.45) is 9.35. The van der Waals surface area contributed by atoms with Gasteiger partial charge in [0.25, 0.3) is 0 Å². The van der Waals surface area contributed by atoms with E-state index in [0.717, 1.165) is 34.1 Å². The lowest BCUT2D eigenvalue weighted by molar-refractivity contribution is 0.732. The third-order valence-electron chi connectivity index (χ3n) is 12.3. The number of nitrogens with zero attached hydrogens (tertiary/aromatic N) is 2. The molecule has 0 saturated heterocycles. The minimum Gasteiger partial charge on any atom is -0.310 e. The third-order valence-corrected chi connectivity index (χ3v) is 12.3. The molecule has 0 fully saturated rings. The SMILES string of the molecule is C1=CC2c3ccc(N(c4ccccc4)c4ccccc4)cc3C3(c4ccccc4-c4ccccc43)c3cc(N(c4ccccc4)c4ccccc4)ccc3C2C=C1. The van der Waals surface area contributed by atoms with Gasteiger partial charge in [0, 0.05) is 46.0 Å². The summed E-state index contributed by atoms with van der Waals surface area (Å²) in [5, 5.41) is 0. The summed E-state index contributed by atoms with van der Waals surface area (Å²) in [5.74, 6) is 0.313. The van der Waals surface area contributed by atoms with Gasteiger partial charge in [0.1, 0.15) is 0 Å². The van der Waals surface area contributed by atoms with E-state index in [0.29, 0.717) is 0 Å². The van der Waals surface area contributed by atoms with Crippen molar-refractivity contribution in [2.75, 3.05) is 9.80 Å². The molecule has 1 spiro atoms. The van der Waals surface area contributed by atoms with Gasteiger partial charge in [-0.15, -0.1) is 0 Å². The quantitative estimate of drug-likeness (QED) is 0.168. The highest BCUT2D eigenvalue weighted by atomic mass is 15.1. The van der Waals surface area contributed by atoms with Gasteiger partial charge in [-0.2, -0.15) is 0 Å². The first kappa shape index (κ1) is 33.2. The minimum atomic E-state index is -0.610. The molecule has 2 nitrogen and oxygen atoms in total. The van der Waals surface area contributed by atoms with E-state index in [1.54, 1.807) is 0 Å². The molecule has 0 aliphatic heterocycles.